The van der Waals surface area contributed by atoms with Gasteiger partial charge in [-0.25, -0.2) is 9.59 Å². The molecule has 0 bridgehead atoms. The number of rotatable bonds is 8. The molecule has 9 nitrogen and oxygen atoms in total. The molecule has 5 aromatic carbocycles. The first-order valence-electron chi connectivity index (χ1n) is 13.9. The van der Waals surface area contributed by atoms with E-state index in [4.69, 9.17) is 25.8 Å². The van der Waals surface area contributed by atoms with Crippen LogP contribution in [0.25, 0.3) is 0 Å². The van der Waals surface area contributed by atoms with E-state index in [9.17, 15) is 19.2 Å². The van der Waals surface area contributed by atoms with Crippen molar-refractivity contribution >= 4 is 62.7 Å². The van der Waals surface area contributed by atoms with Crippen LogP contribution in [0.2, 0.25) is 5.02 Å². The van der Waals surface area contributed by atoms with Crippen molar-refractivity contribution in [3.8, 4) is 11.5 Å². The molecule has 47 heavy (non-hydrogen) atoms. The molecule has 0 saturated carbocycles. The van der Waals surface area contributed by atoms with Crippen molar-refractivity contribution in [1.29, 1.82) is 0 Å². The fourth-order valence-electron chi connectivity index (χ4n) is 4.12. The fraction of sp³-hybridized carbons (Fsp3) is 0.0556. The first-order valence-corrected chi connectivity index (χ1v) is 15.1. The number of ether oxygens (including phenoxy) is 3. The van der Waals surface area contributed by atoms with Crippen molar-refractivity contribution < 1.29 is 33.4 Å². The first kappa shape index (κ1) is 34.4. The molecular formula is C36H28BrClN2O7. The van der Waals surface area contributed by atoms with Gasteiger partial charge in [-0.2, -0.15) is 0 Å². The summed E-state index contributed by atoms with van der Waals surface area (Å²) in [5.74, 6) is -0.718. The summed E-state index contributed by atoms with van der Waals surface area (Å²) in [7, 11) is 2.58. The molecule has 11 heteroatoms. The zero-order valence-corrected chi connectivity index (χ0v) is 27.5. The van der Waals surface area contributed by atoms with E-state index in [1.807, 2.05) is 12.1 Å². The Hall–Kier alpha value is -5.45. The number of benzene rings is 5. The maximum absolute atomic E-state index is 12.5. The van der Waals surface area contributed by atoms with E-state index < -0.39 is 11.9 Å². The van der Waals surface area contributed by atoms with Gasteiger partial charge in [0, 0.05) is 26.7 Å². The lowest BCUT2D eigenvalue weighted by Crippen LogP contribution is -2.15. The molecule has 0 unspecified atom stereocenters. The van der Waals surface area contributed by atoms with Gasteiger partial charge in [-0.05, 0) is 72.8 Å². The number of esters is 2. The Labute approximate surface area is 284 Å². The highest BCUT2D eigenvalue weighted by Crippen LogP contribution is 2.29. The number of carbonyl (C=O) groups excluding carboxylic acids is 4. The van der Waals surface area contributed by atoms with Crippen molar-refractivity contribution in [2.75, 3.05) is 24.9 Å². The number of halogens is 2. The van der Waals surface area contributed by atoms with Gasteiger partial charge in [-0.15, -0.1) is 0 Å². The van der Waals surface area contributed by atoms with Crippen molar-refractivity contribution in [3.05, 3.63) is 153 Å². The Morgan fingerprint density at radius 1 is 0.574 bits per heavy atom. The molecule has 0 radical (unpaired) electrons. The average molecular weight is 716 g/mol. The molecule has 0 fully saturated rings. The first-order chi connectivity index (χ1) is 22.7. The SMILES string of the molecule is COC(=O)c1ccc(Br)cc1NC(=O)c1ccccc1.COC(=O)c1ccc(Oc2cccc(Cl)c2)cc1NC(=O)c1ccccc1. The zero-order chi connectivity index (χ0) is 33.8. The number of carbonyl (C=O) groups is 4. The second kappa shape index (κ2) is 16.7. The maximum Gasteiger partial charge on any atom is 0.339 e. The number of amides is 2. The molecule has 0 aromatic heterocycles. The molecule has 0 aliphatic carbocycles. The van der Waals surface area contributed by atoms with Crippen molar-refractivity contribution in [2.45, 2.75) is 0 Å². The van der Waals surface area contributed by atoms with Gasteiger partial charge < -0.3 is 24.8 Å². The zero-order valence-electron chi connectivity index (χ0n) is 25.2. The lowest BCUT2D eigenvalue weighted by Gasteiger charge is -2.13. The van der Waals surface area contributed by atoms with Crippen molar-refractivity contribution in [2.24, 2.45) is 0 Å². The Kier molecular flexibility index (Phi) is 12.3. The van der Waals surface area contributed by atoms with Crippen LogP contribution >= 0.6 is 27.5 Å². The van der Waals surface area contributed by atoms with Gasteiger partial charge in [0.05, 0.1) is 36.7 Å². The predicted molar refractivity (Wildman–Crippen MR) is 184 cm³/mol. The fourth-order valence-corrected chi connectivity index (χ4v) is 4.66. The van der Waals surface area contributed by atoms with E-state index in [2.05, 4.69) is 26.6 Å². The van der Waals surface area contributed by atoms with Gasteiger partial charge in [0.1, 0.15) is 11.5 Å². The van der Waals surface area contributed by atoms with E-state index >= 15 is 0 Å². The van der Waals surface area contributed by atoms with Crippen LogP contribution in [0.5, 0.6) is 11.5 Å². The van der Waals surface area contributed by atoms with E-state index in [1.54, 1.807) is 103 Å². The van der Waals surface area contributed by atoms with Gasteiger partial charge in [0.15, 0.2) is 0 Å². The lowest BCUT2D eigenvalue weighted by molar-refractivity contribution is 0.0592. The molecule has 2 amide bonds. The smallest absolute Gasteiger partial charge is 0.339 e. The highest BCUT2D eigenvalue weighted by Gasteiger charge is 2.17. The molecule has 5 aromatic rings. The number of hydrogen-bond donors (Lipinski definition) is 2. The standard InChI is InChI=1S/C21H16ClNO4.C15H12BrNO3/c1-26-21(25)18-11-10-17(27-16-9-5-8-15(22)12-16)13-19(18)23-20(24)14-6-3-2-4-7-14;1-20-15(19)12-8-7-11(16)9-13(12)17-14(18)10-5-3-2-4-6-10/h2-13H,1H3,(H,23,24);2-9H,1H3,(H,17,18). The summed E-state index contributed by atoms with van der Waals surface area (Å²) in [4.78, 5) is 48.3. The topological polar surface area (TPSA) is 120 Å². The van der Waals surface area contributed by atoms with Crippen molar-refractivity contribution in [1.82, 2.24) is 0 Å². The minimum atomic E-state index is -0.562. The van der Waals surface area contributed by atoms with Crippen LogP contribution in [0.4, 0.5) is 11.4 Å². The number of anilines is 2. The van der Waals surface area contributed by atoms with Crippen LogP contribution in [-0.2, 0) is 9.47 Å². The van der Waals surface area contributed by atoms with Crippen LogP contribution in [0.15, 0.2) is 126 Å². The third-order valence-corrected chi connectivity index (χ3v) is 7.11. The normalized spacial score (nSPS) is 10.0. The molecule has 0 aliphatic heterocycles. The monoisotopic (exact) mass is 714 g/mol. The van der Waals surface area contributed by atoms with Gasteiger partial charge in [0.2, 0.25) is 0 Å². The second-order valence-corrected chi connectivity index (χ2v) is 10.9. The van der Waals surface area contributed by atoms with Crippen LogP contribution < -0.4 is 15.4 Å². The Bertz CT molecular complexity index is 1890. The van der Waals surface area contributed by atoms with Crippen LogP contribution in [-0.4, -0.2) is 38.0 Å². The van der Waals surface area contributed by atoms with Gasteiger partial charge in [0.25, 0.3) is 11.8 Å². The summed E-state index contributed by atoms with van der Waals surface area (Å²) in [5, 5.41) is 5.99. The van der Waals surface area contributed by atoms with E-state index in [0.717, 1.165) is 4.47 Å². The molecule has 0 spiro atoms. The molecule has 5 rings (SSSR count). The summed E-state index contributed by atoms with van der Waals surface area (Å²) in [6.07, 6.45) is 0. The van der Waals surface area contributed by atoms with Crippen molar-refractivity contribution in [3.63, 3.8) is 0 Å². The van der Waals surface area contributed by atoms with Gasteiger partial charge in [-0.1, -0.05) is 70.0 Å². The van der Waals surface area contributed by atoms with Gasteiger partial charge in [-0.3, -0.25) is 9.59 Å². The Morgan fingerprint density at radius 3 is 1.57 bits per heavy atom. The summed E-state index contributed by atoms with van der Waals surface area (Å²) in [5.41, 5.74) is 2.20. The number of hydrogen-bond acceptors (Lipinski definition) is 7. The predicted octanol–water partition coefficient (Wildman–Crippen LogP) is 8.66. The largest absolute Gasteiger partial charge is 0.465 e. The van der Waals surface area contributed by atoms with E-state index in [0.29, 0.717) is 38.9 Å². The van der Waals surface area contributed by atoms with E-state index in [1.165, 1.54) is 20.3 Å². The quantitative estimate of drug-likeness (QED) is 0.154. The summed E-state index contributed by atoms with van der Waals surface area (Å²) in [6, 6.07) is 34.1. The summed E-state index contributed by atoms with van der Waals surface area (Å²) < 4.78 is 16.0. The number of nitrogens with one attached hydrogen (secondary N) is 2. The van der Waals surface area contributed by atoms with Crippen LogP contribution in [0.1, 0.15) is 41.4 Å². The molecule has 0 heterocycles. The highest BCUT2D eigenvalue weighted by molar-refractivity contribution is 9.10. The van der Waals surface area contributed by atoms with E-state index in [-0.39, 0.29) is 23.1 Å². The summed E-state index contributed by atoms with van der Waals surface area (Å²) >= 11 is 9.28. The molecule has 0 aliphatic rings. The third kappa shape index (κ3) is 9.77. The molecule has 0 saturated heterocycles. The minimum absolute atomic E-state index is 0.222. The highest BCUT2D eigenvalue weighted by atomic mass is 79.9. The minimum Gasteiger partial charge on any atom is -0.465 e. The molecule has 238 valence electrons. The third-order valence-electron chi connectivity index (χ3n) is 6.38. The molecular weight excluding hydrogens is 688 g/mol. The molecule has 0 atom stereocenters. The Morgan fingerprint density at radius 2 is 1.06 bits per heavy atom. The van der Waals surface area contributed by atoms with Gasteiger partial charge >= 0.3 is 11.9 Å². The molecule has 2 N–H and O–H groups in total. The summed E-state index contributed by atoms with van der Waals surface area (Å²) in [6.45, 7) is 0. The average Bonchev–Trinajstić information content (AvgIpc) is 3.09. The lowest BCUT2D eigenvalue weighted by atomic mass is 10.1. The van der Waals surface area contributed by atoms with Crippen LogP contribution in [0, 0.1) is 0 Å². The Balaban J connectivity index is 0.000000223. The van der Waals surface area contributed by atoms with Crippen LogP contribution in [0.3, 0.4) is 0 Å². The second-order valence-electron chi connectivity index (χ2n) is 9.58. The maximum atomic E-state index is 12.5. The number of methoxy groups -OCH3 is 2.